The SMILES string of the molecule is CCC(C1=CCC=C(F)C=C1)c1ccc(F)cc1. The van der Waals surface area contributed by atoms with Crippen LogP contribution >= 0.6 is 0 Å². The summed E-state index contributed by atoms with van der Waals surface area (Å²) in [6.07, 6.45) is 8.40. The Labute approximate surface area is 106 Å². The van der Waals surface area contributed by atoms with Crippen molar-refractivity contribution >= 4 is 0 Å². The zero-order valence-corrected chi connectivity index (χ0v) is 10.4. The average molecular weight is 246 g/mol. The van der Waals surface area contributed by atoms with E-state index in [1.54, 1.807) is 18.2 Å². The first-order chi connectivity index (χ1) is 8.70. The number of hydrogen-bond donors (Lipinski definition) is 0. The van der Waals surface area contributed by atoms with Gasteiger partial charge in [-0.2, -0.15) is 0 Å². The molecule has 18 heavy (non-hydrogen) atoms. The van der Waals surface area contributed by atoms with E-state index in [9.17, 15) is 8.78 Å². The summed E-state index contributed by atoms with van der Waals surface area (Å²) in [6.45, 7) is 2.08. The van der Waals surface area contributed by atoms with Gasteiger partial charge in [0.25, 0.3) is 0 Å². The predicted molar refractivity (Wildman–Crippen MR) is 70.5 cm³/mol. The third-order valence-corrected chi connectivity index (χ3v) is 3.18. The van der Waals surface area contributed by atoms with Crippen molar-refractivity contribution in [1.82, 2.24) is 0 Å². The number of rotatable bonds is 3. The number of allylic oxidation sites excluding steroid dienone is 6. The fraction of sp³-hybridized carbons (Fsp3) is 0.250. The molecule has 0 N–H and O–H groups in total. The fourth-order valence-electron chi connectivity index (χ4n) is 2.24. The molecule has 0 nitrogen and oxygen atoms in total. The molecule has 0 spiro atoms. The molecule has 0 saturated heterocycles. The van der Waals surface area contributed by atoms with Crippen LogP contribution in [0.2, 0.25) is 0 Å². The number of benzene rings is 1. The molecule has 0 radical (unpaired) electrons. The molecule has 0 saturated carbocycles. The van der Waals surface area contributed by atoms with Crippen molar-refractivity contribution in [3.8, 4) is 0 Å². The lowest BCUT2D eigenvalue weighted by atomic mass is 9.88. The lowest BCUT2D eigenvalue weighted by Gasteiger charge is -2.16. The van der Waals surface area contributed by atoms with Crippen LogP contribution in [0, 0.1) is 5.82 Å². The van der Waals surface area contributed by atoms with Crippen molar-refractivity contribution in [1.29, 1.82) is 0 Å². The molecule has 0 bridgehead atoms. The molecular weight excluding hydrogens is 230 g/mol. The van der Waals surface area contributed by atoms with Crippen LogP contribution in [0.5, 0.6) is 0 Å². The van der Waals surface area contributed by atoms with Crippen molar-refractivity contribution in [3.05, 3.63) is 71.4 Å². The Morgan fingerprint density at radius 2 is 1.78 bits per heavy atom. The van der Waals surface area contributed by atoms with E-state index in [0.29, 0.717) is 6.42 Å². The van der Waals surface area contributed by atoms with Gasteiger partial charge in [0.05, 0.1) is 0 Å². The highest BCUT2D eigenvalue weighted by Crippen LogP contribution is 2.30. The van der Waals surface area contributed by atoms with Crippen molar-refractivity contribution in [2.45, 2.75) is 25.7 Å². The second-order valence-corrected chi connectivity index (χ2v) is 4.37. The molecule has 0 aliphatic heterocycles. The smallest absolute Gasteiger partial charge is 0.123 e. The third kappa shape index (κ3) is 2.95. The van der Waals surface area contributed by atoms with E-state index >= 15 is 0 Å². The second-order valence-electron chi connectivity index (χ2n) is 4.37. The molecule has 2 rings (SSSR count). The Morgan fingerprint density at radius 3 is 2.44 bits per heavy atom. The first kappa shape index (κ1) is 12.7. The summed E-state index contributed by atoms with van der Waals surface area (Å²) in [5, 5.41) is 0. The average Bonchev–Trinajstić information content (AvgIpc) is 2.58. The molecule has 1 unspecified atom stereocenters. The first-order valence-corrected chi connectivity index (χ1v) is 6.20. The van der Waals surface area contributed by atoms with Crippen LogP contribution in [-0.4, -0.2) is 0 Å². The zero-order valence-electron chi connectivity index (χ0n) is 10.4. The minimum absolute atomic E-state index is 0.196. The lowest BCUT2D eigenvalue weighted by Crippen LogP contribution is -2.00. The third-order valence-electron chi connectivity index (χ3n) is 3.18. The van der Waals surface area contributed by atoms with Gasteiger partial charge in [0.1, 0.15) is 11.6 Å². The van der Waals surface area contributed by atoms with Crippen LogP contribution in [-0.2, 0) is 0 Å². The molecule has 0 heterocycles. The normalized spacial score (nSPS) is 16.8. The number of halogens is 2. The van der Waals surface area contributed by atoms with Gasteiger partial charge in [-0.25, -0.2) is 8.78 Å². The van der Waals surface area contributed by atoms with Crippen LogP contribution in [0.4, 0.5) is 8.78 Å². The maximum atomic E-state index is 13.1. The molecule has 1 aliphatic carbocycles. The van der Waals surface area contributed by atoms with E-state index in [-0.39, 0.29) is 17.6 Å². The molecular formula is C16H16F2. The van der Waals surface area contributed by atoms with Gasteiger partial charge < -0.3 is 0 Å². The zero-order chi connectivity index (χ0) is 13.0. The summed E-state index contributed by atoms with van der Waals surface area (Å²) < 4.78 is 26.1. The van der Waals surface area contributed by atoms with Gasteiger partial charge in [0, 0.05) is 5.92 Å². The quantitative estimate of drug-likeness (QED) is 0.699. The van der Waals surface area contributed by atoms with Gasteiger partial charge in [-0.1, -0.05) is 31.2 Å². The van der Waals surface area contributed by atoms with Crippen molar-refractivity contribution in [2.75, 3.05) is 0 Å². The minimum Gasteiger partial charge on any atom is -0.207 e. The maximum absolute atomic E-state index is 13.1. The second kappa shape index (κ2) is 5.76. The van der Waals surface area contributed by atoms with Gasteiger partial charge in [-0.15, -0.1) is 0 Å². The van der Waals surface area contributed by atoms with Gasteiger partial charge >= 0.3 is 0 Å². The summed E-state index contributed by atoms with van der Waals surface area (Å²) in [7, 11) is 0. The summed E-state index contributed by atoms with van der Waals surface area (Å²) >= 11 is 0. The van der Waals surface area contributed by atoms with Crippen LogP contribution < -0.4 is 0 Å². The standard InChI is InChI=1S/C16H16F2/c1-2-16(13-7-10-15(18)11-8-13)12-4-3-5-14(17)9-6-12/h4-11,16H,2-3H2,1H3. The van der Waals surface area contributed by atoms with Gasteiger partial charge in [-0.05, 0) is 48.3 Å². The molecule has 0 fully saturated rings. The molecule has 0 amide bonds. The fourth-order valence-corrected chi connectivity index (χ4v) is 2.24. The van der Waals surface area contributed by atoms with Gasteiger partial charge in [0.2, 0.25) is 0 Å². The highest BCUT2D eigenvalue weighted by atomic mass is 19.1. The van der Waals surface area contributed by atoms with E-state index in [1.807, 2.05) is 12.2 Å². The Bertz CT molecular complexity index is 492. The highest BCUT2D eigenvalue weighted by Gasteiger charge is 2.13. The Morgan fingerprint density at radius 1 is 1.06 bits per heavy atom. The van der Waals surface area contributed by atoms with Gasteiger partial charge in [0.15, 0.2) is 0 Å². The Balaban J connectivity index is 2.27. The largest absolute Gasteiger partial charge is 0.207 e. The summed E-state index contributed by atoms with van der Waals surface area (Å²) in [4.78, 5) is 0. The topological polar surface area (TPSA) is 0 Å². The molecule has 1 aromatic carbocycles. The predicted octanol–water partition coefficient (Wildman–Crippen LogP) is 5.06. The van der Waals surface area contributed by atoms with E-state index in [1.165, 1.54) is 18.2 Å². The Hall–Kier alpha value is -1.70. The van der Waals surface area contributed by atoms with Crippen LogP contribution in [0.25, 0.3) is 0 Å². The van der Waals surface area contributed by atoms with E-state index in [2.05, 4.69) is 6.92 Å². The van der Waals surface area contributed by atoms with Crippen LogP contribution in [0.1, 0.15) is 31.2 Å². The van der Waals surface area contributed by atoms with E-state index in [4.69, 9.17) is 0 Å². The molecule has 1 atom stereocenters. The van der Waals surface area contributed by atoms with Crippen molar-refractivity contribution in [2.24, 2.45) is 0 Å². The lowest BCUT2D eigenvalue weighted by molar-refractivity contribution is 0.625. The molecule has 1 aliphatic rings. The first-order valence-electron chi connectivity index (χ1n) is 6.20. The van der Waals surface area contributed by atoms with E-state index < -0.39 is 0 Å². The van der Waals surface area contributed by atoms with Crippen molar-refractivity contribution in [3.63, 3.8) is 0 Å². The van der Waals surface area contributed by atoms with Crippen molar-refractivity contribution < 1.29 is 8.78 Å². The molecule has 0 aromatic heterocycles. The molecule has 1 aromatic rings. The molecule has 94 valence electrons. The van der Waals surface area contributed by atoms with Gasteiger partial charge in [-0.3, -0.25) is 0 Å². The monoisotopic (exact) mass is 246 g/mol. The summed E-state index contributed by atoms with van der Waals surface area (Å²) in [6, 6.07) is 6.54. The minimum atomic E-state index is -0.230. The van der Waals surface area contributed by atoms with Crippen LogP contribution in [0.15, 0.2) is 60.0 Å². The van der Waals surface area contributed by atoms with E-state index in [0.717, 1.165) is 17.6 Å². The summed E-state index contributed by atoms with van der Waals surface area (Å²) in [5.41, 5.74) is 2.16. The number of hydrogen-bond acceptors (Lipinski definition) is 0. The maximum Gasteiger partial charge on any atom is 0.123 e. The van der Waals surface area contributed by atoms with Crippen LogP contribution in [0.3, 0.4) is 0 Å². The highest BCUT2D eigenvalue weighted by molar-refractivity contribution is 5.38. The molecule has 2 heteroatoms. The summed E-state index contributed by atoms with van der Waals surface area (Å²) in [5.74, 6) is -0.233. The Kier molecular flexibility index (Phi) is 4.08.